The van der Waals surface area contributed by atoms with E-state index in [1.165, 1.54) is 18.9 Å². The zero-order valence-electron chi connectivity index (χ0n) is 11.5. The fourth-order valence-corrected chi connectivity index (χ4v) is 2.86. The molecule has 1 heterocycles. The Morgan fingerprint density at radius 2 is 2.00 bits per heavy atom. The van der Waals surface area contributed by atoms with Crippen molar-refractivity contribution in [2.45, 2.75) is 32.1 Å². The molecule has 1 N–H and O–H groups in total. The van der Waals surface area contributed by atoms with Crippen LogP contribution in [-0.2, 0) is 6.42 Å². The van der Waals surface area contributed by atoms with E-state index in [9.17, 15) is 4.39 Å². The molecule has 3 heteroatoms. The van der Waals surface area contributed by atoms with Crippen molar-refractivity contribution in [1.29, 1.82) is 0 Å². The number of likely N-dealkylation sites (tertiary alicyclic amines) is 1. The number of nitrogens with zero attached hydrogens (tertiary/aromatic N) is 1. The standard InChI is InChI=1S/C16H24FNO/c17-16-5-3-4-15(13-16)12-14-6-9-18(10-7-14)8-1-2-11-19/h3-5,13-14,19H,1-2,6-12H2. The molecule has 1 aromatic carbocycles. The maximum Gasteiger partial charge on any atom is 0.123 e. The summed E-state index contributed by atoms with van der Waals surface area (Å²) < 4.78 is 13.1. The summed E-state index contributed by atoms with van der Waals surface area (Å²) in [5, 5.41) is 8.78. The molecule has 0 unspecified atom stereocenters. The van der Waals surface area contributed by atoms with Gasteiger partial charge in [-0.05, 0) is 75.4 Å². The molecule has 0 aromatic heterocycles. The first kappa shape index (κ1) is 14.5. The second-order valence-electron chi connectivity index (χ2n) is 5.55. The number of hydrogen-bond acceptors (Lipinski definition) is 2. The predicted octanol–water partition coefficient (Wildman–Crippen LogP) is 2.85. The lowest BCUT2D eigenvalue weighted by molar-refractivity contribution is 0.175. The third kappa shape index (κ3) is 4.92. The maximum absolute atomic E-state index is 13.1. The van der Waals surface area contributed by atoms with E-state index in [0.717, 1.165) is 44.5 Å². The van der Waals surface area contributed by atoms with Gasteiger partial charge in [-0.2, -0.15) is 0 Å². The monoisotopic (exact) mass is 265 g/mol. The summed E-state index contributed by atoms with van der Waals surface area (Å²) in [5.74, 6) is 0.565. The molecule has 0 bridgehead atoms. The Hall–Kier alpha value is -0.930. The molecule has 0 saturated carbocycles. The largest absolute Gasteiger partial charge is 0.396 e. The van der Waals surface area contributed by atoms with Crippen LogP contribution in [0, 0.1) is 11.7 Å². The van der Waals surface area contributed by atoms with Crippen LogP contribution in [0.2, 0.25) is 0 Å². The average Bonchev–Trinajstić information content (AvgIpc) is 2.41. The molecule has 1 aliphatic heterocycles. The van der Waals surface area contributed by atoms with E-state index < -0.39 is 0 Å². The highest BCUT2D eigenvalue weighted by atomic mass is 19.1. The van der Waals surface area contributed by atoms with Gasteiger partial charge in [0.25, 0.3) is 0 Å². The number of halogens is 1. The lowest BCUT2D eigenvalue weighted by Crippen LogP contribution is -2.35. The molecule has 0 aliphatic carbocycles. The van der Waals surface area contributed by atoms with Crippen LogP contribution in [0.3, 0.4) is 0 Å². The number of rotatable bonds is 6. The average molecular weight is 265 g/mol. The Morgan fingerprint density at radius 3 is 2.68 bits per heavy atom. The summed E-state index contributed by atoms with van der Waals surface area (Å²) in [7, 11) is 0. The first-order chi connectivity index (χ1) is 9.28. The Morgan fingerprint density at radius 1 is 1.21 bits per heavy atom. The van der Waals surface area contributed by atoms with E-state index in [1.54, 1.807) is 12.1 Å². The topological polar surface area (TPSA) is 23.5 Å². The molecule has 2 rings (SSSR count). The minimum Gasteiger partial charge on any atom is -0.396 e. The Labute approximate surface area is 115 Å². The zero-order valence-corrected chi connectivity index (χ0v) is 11.5. The van der Waals surface area contributed by atoms with Gasteiger partial charge in [0.1, 0.15) is 5.82 Å². The van der Waals surface area contributed by atoms with Gasteiger partial charge in [0.2, 0.25) is 0 Å². The summed E-state index contributed by atoms with van der Waals surface area (Å²) in [5.41, 5.74) is 1.12. The highest BCUT2D eigenvalue weighted by Crippen LogP contribution is 2.22. The second-order valence-corrected chi connectivity index (χ2v) is 5.55. The van der Waals surface area contributed by atoms with Crippen LogP contribution in [-0.4, -0.2) is 36.2 Å². The first-order valence-electron chi connectivity index (χ1n) is 7.35. The third-order valence-electron chi connectivity index (χ3n) is 4.00. The number of unbranched alkanes of at least 4 members (excludes halogenated alkanes) is 1. The summed E-state index contributed by atoms with van der Waals surface area (Å²) in [6.45, 7) is 3.69. The molecule has 1 aromatic rings. The van der Waals surface area contributed by atoms with Crippen LogP contribution in [0.1, 0.15) is 31.2 Å². The minimum atomic E-state index is -0.126. The van der Waals surface area contributed by atoms with Crippen molar-refractivity contribution in [3.05, 3.63) is 35.6 Å². The minimum absolute atomic E-state index is 0.126. The van der Waals surface area contributed by atoms with Gasteiger partial charge < -0.3 is 10.0 Å². The molecule has 1 aliphatic rings. The highest BCUT2D eigenvalue weighted by molar-refractivity contribution is 5.16. The number of hydrogen-bond donors (Lipinski definition) is 1. The van der Waals surface area contributed by atoms with Crippen molar-refractivity contribution in [2.75, 3.05) is 26.2 Å². The number of aliphatic hydroxyl groups excluding tert-OH is 1. The maximum atomic E-state index is 13.1. The molecular weight excluding hydrogens is 241 g/mol. The van der Waals surface area contributed by atoms with Gasteiger partial charge in [-0.3, -0.25) is 0 Å². The van der Waals surface area contributed by atoms with Crippen LogP contribution in [0.15, 0.2) is 24.3 Å². The van der Waals surface area contributed by atoms with Crippen molar-refractivity contribution < 1.29 is 9.50 Å². The molecule has 1 fully saturated rings. The Kier molecular flexibility index (Phi) is 5.80. The molecule has 0 spiro atoms. The molecular formula is C16H24FNO. The van der Waals surface area contributed by atoms with Crippen LogP contribution < -0.4 is 0 Å². The van der Waals surface area contributed by atoms with Gasteiger partial charge >= 0.3 is 0 Å². The van der Waals surface area contributed by atoms with Gasteiger partial charge in [-0.25, -0.2) is 4.39 Å². The van der Waals surface area contributed by atoms with Crippen molar-refractivity contribution in [2.24, 2.45) is 5.92 Å². The van der Waals surface area contributed by atoms with Gasteiger partial charge in [0.15, 0.2) is 0 Å². The van der Waals surface area contributed by atoms with Crippen molar-refractivity contribution in [3.8, 4) is 0 Å². The van der Waals surface area contributed by atoms with E-state index in [2.05, 4.69) is 4.90 Å². The summed E-state index contributed by atoms with van der Waals surface area (Å²) in [4.78, 5) is 2.48. The second kappa shape index (κ2) is 7.61. The van der Waals surface area contributed by atoms with Crippen molar-refractivity contribution in [3.63, 3.8) is 0 Å². The normalized spacial score (nSPS) is 17.8. The number of benzene rings is 1. The Bertz CT molecular complexity index is 375. The first-order valence-corrected chi connectivity index (χ1v) is 7.35. The predicted molar refractivity (Wildman–Crippen MR) is 75.6 cm³/mol. The van der Waals surface area contributed by atoms with E-state index in [4.69, 9.17) is 5.11 Å². The molecule has 0 amide bonds. The summed E-state index contributed by atoms with van der Waals surface area (Å²) >= 11 is 0. The number of aliphatic hydroxyl groups is 1. The third-order valence-corrected chi connectivity index (χ3v) is 4.00. The van der Waals surface area contributed by atoms with Crippen LogP contribution in [0.4, 0.5) is 4.39 Å². The van der Waals surface area contributed by atoms with Crippen molar-refractivity contribution >= 4 is 0 Å². The van der Waals surface area contributed by atoms with Crippen molar-refractivity contribution in [1.82, 2.24) is 4.90 Å². The summed E-state index contributed by atoms with van der Waals surface area (Å²) in [6.07, 6.45) is 5.40. The van der Waals surface area contributed by atoms with E-state index in [0.29, 0.717) is 12.5 Å². The molecule has 0 radical (unpaired) electrons. The van der Waals surface area contributed by atoms with Gasteiger partial charge in [0, 0.05) is 6.61 Å². The number of piperidine rings is 1. The quantitative estimate of drug-likeness (QED) is 0.800. The molecule has 19 heavy (non-hydrogen) atoms. The lowest BCUT2D eigenvalue weighted by Gasteiger charge is -2.32. The Balaban J connectivity index is 1.71. The fourth-order valence-electron chi connectivity index (χ4n) is 2.86. The van der Waals surface area contributed by atoms with Crippen LogP contribution >= 0.6 is 0 Å². The molecule has 1 saturated heterocycles. The van der Waals surface area contributed by atoms with Gasteiger partial charge in [0.05, 0.1) is 0 Å². The smallest absolute Gasteiger partial charge is 0.123 e. The van der Waals surface area contributed by atoms with E-state index in [1.807, 2.05) is 6.07 Å². The SMILES string of the molecule is OCCCCN1CCC(Cc2cccc(F)c2)CC1. The zero-order chi connectivity index (χ0) is 13.5. The van der Waals surface area contributed by atoms with Gasteiger partial charge in [-0.15, -0.1) is 0 Å². The fraction of sp³-hybridized carbons (Fsp3) is 0.625. The van der Waals surface area contributed by atoms with E-state index >= 15 is 0 Å². The summed E-state index contributed by atoms with van der Waals surface area (Å²) in [6, 6.07) is 6.99. The molecule has 106 valence electrons. The molecule has 2 nitrogen and oxygen atoms in total. The highest BCUT2D eigenvalue weighted by Gasteiger charge is 2.19. The van der Waals surface area contributed by atoms with E-state index in [-0.39, 0.29) is 5.82 Å². The van der Waals surface area contributed by atoms with Crippen LogP contribution in [0.5, 0.6) is 0 Å². The van der Waals surface area contributed by atoms with Gasteiger partial charge in [-0.1, -0.05) is 12.1 Å². The molecule has 0 atom stereocenters. The van der Waals surface area contributed by atoms with Crippen LogP contribution in [0.25, 0.3) is 0 Å². The lowest BCUT2D eigenvalue weighted by atomic mass is 9.90.